The van der Waals surface area contributed by atoms with Gasteiger partial charge in [0.1, 0.15) is 11.4 Å². The molecule has 0 radical (unpaired) electrons. The second-order valence-electron chi connectivity index (χ2n) is 11.1. The van der Waals surface area contributed by atoms with E-state index < -0.39 is 11.7 Å². The molecule has 3 aromatic rings. The van der Waals surface area contributed by atoms with E-state index >= 15 is 0 Å². The average Bonchev–Trinajstić information content (AvgIpc) is 3.27. The second kappa shape index (κ2) is 10.5. The lowest BCUT2D eigenvalue weighted by molar-refractivity contribution is 0.0519. The Hall–Kier alpha value is -3.48. The molecule has 1 aliphatic carbocycles. The van der Waals surface area contributed by atoms with Gasteiger partial charge in [-0.25, -0.2) is 4.79 Å². The van der Waals surface area contributed by atoms with Crippen molar-refractivity contribution in [3.05, 3.63) is 53.8 Å². The normalized spacial score (nSPS) is 16.4. The van der Waals surface area contributed by atoms with Crippen molar-refractivity contribution >= 4 is 23.0 Å². The van der Waals surface area contributed by atoms with E-state index in [4.69, 9.17) is 13.9 Å². The molecule has 2 fully saturated rings. The third kappa shape index (κ3) is 6.09. The van der Waals surface area contributed by atoms with Crippen LogP contribution in [0.4, 0.5) is 4.79 Å². The zero-order chi connectivity index (χ0) is 26.0. The van der Waals surface area contributed by atoms with Crippen LogP contribution in [0.2, 0.25) is 0 Å². The van der Waals surface area contributed by atoms with Gasteiger partial charge in [-0.15, -0.1) is 0 Å². The molecule has 2 aliphatic rings. The van der Waals surface area contributed by atoms with Crippen LogP contribution in [0.5, 0.6) is 5.75 Å². The first kappa shape index (κ1) is 25.2. The van der Waals surface area contributed by atoms with Crippen LogP contribution in [0.25, 0.3) is 22.1 Å². The Morgan fingerprint density at radius 1 is 0.973 bits per heavy atom. The predicted octanol–water partition coefficient (Wildman–Crippen LogP) is 6.68. The van der Waals surface area contributed by atoms with E-state index in [2.05, 4.69) is 11.4 Å². The smallest absolute Gasteiger partial charge is 0.408 e. The first-order valence-electron chi connectivity index (χ1n) is 13.3. The number of piperidine rings is 1. The van der Waals surface area contributed by atoms with Crippen molar-refractivity contribution in [3.8, 4) is 16.9 Å². The second-order valence-corrected chi connectivity index (χ2v) is 11.1. The minimum Gasteiger partial charge on any atom is -0.486 e. The van der Waals surface area contributed by atoms with E-state index in [1.807, 2.05) is 62.1 Å². The van der Waals surface area contributed by atoms with Gasteiger partial charge in [-0.2, -0.15) is 0 Å². The molecule has 0 bridgehead atoms. The quantitative estimate of drug-likeness (QED) is 0.405. The van der Waals surface area contributed by atoms with Crippen molar-refractivity contribution in [2.75, 3.05) is 13.1 Å². The van der Waals surface area contributed by atoms with E-state index in [1.165, 1.54) is 12.8 Å². The van der Waals surface area contributed by atoms with Crippen molar-refractivity contribution < 1.29 is 23.5 Å². The summed E-state index contributed by atoms with van der Waals surface area (Å²) in [5, 5.41) is 3.66. The highest BCUT2D eigenvalue weighted by Gasteiger charge is 2.23. The summed E-state index contributed by atoms with van der Waals surface area (Å²) < 4.78 is 17.7. The van der Waals surface area contributed by atoms with Crippen molar-refractivity contribution in [1.82, 2.24) is 10.2 Å². The summed E-state index contributed by atoms with van der Waals surface area (Å²) in [5.74, 6) is 1.43. The fraction of sp³-hybridized carbons (Fsp3) is 0.467. The molecule has 1 saturated carbocycles. The lowest BCUT2D eigenvalue weighted by Crippen LogP contribution is -2.35. The number of hydrogen-bond acceptors (Lipinski definition) is 5. The summed E-state index contributed by atoms with van der Waals surface area (Å²) in [6, 6.07) is 13.8. The molecule has 2 heterocycles. The van der Waals surface area contributed by atoms with E-state index in [1.54, 1.807) is 0 Å². The molecule has 1 N–H and O–H groups in total. The molecule has 5 rings (SSSR count). The van der Waals surface area contributed by atoms with Gasteiger partial charge in [-0.05, 0) is 101 Å². The van der Waals surface area contributed by atoms with Crippen LogP contribution in [0.3, 0.4) is 0 Å². The van der Waals surface area contributed by atoms with Crippen LogP contribution < -0.4 is 10.1 Å². The molecule has 1 aliphatic heterocycles. The van der Waals surface area contributed by atoms with Gasteiger partial charge >= 0.3 is 6.09 Å². The van der Waals surface area contributed by atoms with Crippen molar-refractivity contribution in [2.45, 2.75) is 77.5 Å². The van der Waals surface area contributed by atoms with Crippen LogP contribution in [-0.2, 0) is 11.3 Å². The fourth-order valence-corrected chi connectivity index (χ4v) is 4.74. The maximum absolute atomic E-state index is 12.9. The van der Waals surface area contributed by atoms with E-state index in [0.29, 0.717) is 17.1 Å². The molecular formula is C30H36N2O5. The van der Waals surface area contributed by atoms with Crippen molar-refractivity contribution in [3.63, 3.8) is 0 Å². The van der Waals surface area contributed by atoms with Crippen LogP contribution in [0.1, 0.15) is 75.4 Å². The number of likely N-dealkylation sites (tertiary alicyclic amines) is 1. The van der Waals surface area contributed by atoms with Gasteiger partial charge in [-0.3, -0.25) is 4.79 Å². The van der Waals surface area contributed by atoms with Gasteiger partial charge in [0.2, 0.25) is 0 Å². The third-order valence-corrected chi connectivity index (χ3v) is 6.89. The van der Waals surface area contributed by atoms with Gasteiger partial charge in [0.15, 0.2) is 11.3 Å². The molecule has 1 saturated heterocycles. The summed E-state index contributed by atoms with van der Waals surface area (Å²) in [5.41, 5.74) is 2.83. The Kier molecular flexibility index (Phi) is 7.13. The Morgan fingerprint density at radius 2 is 1.70 bits per heavy atom. The largest absolute Gasteiger partial charge is 0.486 e. The van der Waals surface area contributed by atoms with Gasteiger partial charge < -0.3 is 24.1 Å². The number of nitrogens with one attached hydrogen (secondary N) is 1. The summed E-state index contributed by atoms with van der Waals surface area (Å²) >= 11 is 0. The first-order chi connectivity index (χ1) is 17.7. The number of hydrogen-bond donors (Lipinski definition) is 1. The molecule has 37 heavy (non-hydrogen) atoms. The molecule has 2 aromatic carbocycles. The predicted molar refractivity (Wildman–Crippen MR) is 143 cm³/mol. The number of carbonyl (C=O) groups excluding carboxylic acids is 2. The number of ether oxygens (including phenoxy) is 2. The fourth-order valence-electron chi connectivity index (χ4n) is 4.74. The molecule has 2 amide bonds. The number of fused-ring (bicyclic) bond motifs is 1. The Labute approximate surface area is 218 Å². The van der Waals surface area contributed by atoms with E-state index in [-0.39, 0.29) is 18.6 Å². The minimum absolute atomic E-state index is 0.104. The zero-order valence-electron chi connectivity index (χ0n) is 22.0. The lowest BCUT2D eigenvalue weighted by Gasteiger charge is -2.27. The van der Waals surface area contributed by atoms with Crippen LogP contribution >= 0.6 is 0 Å². The molecule has 7 nitrogen and oxygen atoms in total. The highest BCUT2D eigenvalue weighted by molar-refractivity contribution is 5.95. The van der Waals surface area contributed by atoms with Gasteiger partial charge in [0.25, 0.3) is 5.91 Å². The van der Waals surface area contributed by atoms with Gasteiger partial charge in [0, 0.05) is 24.0 Å². The maximum atomic E-state index is 12.9. The minimum atomic E-state index is -0.565. The van der Waals surface area contributed by atoms with E-state index in [0.717, 1.165) is 60.8 Å². The van der Waals surface area contributed by atoms with Crippen LogP contribution in [0.15, 0.2) is 46.9 Å². The molecule has 0 atom stereocenters. The van der Waals surface area contributed by atoms with Crippen LogP contribution in [-0.4, -0.2) is 41.7 Å². The van der Waals surface area contributed by atoms with Crippen molar-refractivity contribution in [1.29, 1.82) is 0 Å². The summed E-state index contributed by atoms with van der Waals surface area (Å²) in [4.78, 5) is 26.9. The number of rotatable bonds is 6. The monoisotopic (exact) mass is 504 g/mol. The summed E-state index contributed by atoms with van der Waals surface area (Å²) in [7, 11) is 0. The summed E-state index contributed by atoms with van der Waals surface area (Å²) in [6.45, 7) is 7.38. The highest BCUT2D eigenvalue weighted by atomic mass is 16.6. The number of furan rings is 1. The number of benzene rings is 2. The number of alkyl carbamates (subject to hydrolysis) is 1. The number of amides is 2. The number of nitrogens with zero attached hydrogens (tertiary/aromatic N) is 1. The maximum Gasteiger partial charge on any atom is 0.408 e. The topological polar surface area (TPSA) is 81.0 Å². The van der Waals surface area contributed by atoms with Gasteiger partial charge in [0.05, 0.1) is 12.6 Å². The van der Waals surface area contributed by atoms with Crippen molar-refractivity contribution in [2.24, 2.45) is 0 Å². The van der Waals surface area contributed by atoms with Crippen LogP contribution in [0, 0.1) is 0 Å². The average molecular weight is 505 g/mol. The molecule has 1 aromatic heterocycles. The van der Waals surface area contributed by atoms with Gasteiger partial charge in [-0.1, -0.05) is 12.1 Å². The first-order valence-corrected chi connectivity index (χ1v) is 13.3. The Morgan fingerprint density at radius 3 is 2.35 bits per heavy atom. The number of carbonyl (C=O) groups is 2. The van der Waals surface area contributed by atoms with E-state index in [9.17, 15) is 9.59 Å². The molecule has 7 heteroatoms. The molecular weight excluding hydrogens is 468 g/mol. The highest BCUT2D eigenvalue weighted by Crippen LogP contribution is 2.37. The Bertz CT molecular complexity index is 1260. The third-order valence-electron chi connectivity index (χ3n) is 6.89. The SMILES string of the molecule is CC(C)(C)OC(=O)NCc1cc2cc(-c3ccc(C(=O)N4CCCCC4)cc3)cc(OC3CCC3)c2o1. The summed E-state index contributed by atoms with van der Waals surface area (Å²) in [6.07, 6.45) is 6.29. The molecule has 196 valence electrons. The lowest BCUT2D eigenvalue weighted by atomic mass is 9.96. The molecule has 0 unspecified atom stereocenters. The Balaban J connectivity index is 1.38. The standard InChI is InChI=1S/C30H36N2O5/c1-30(2,3)37-29(34)31-19-25-17-23-16-22(18-26(27(23)36-25)35-24-8-7-9-24)20-10-12-21(13-11-20)28(33)32-14-5-4-6-15-32/h10-13,16-18,24H,4-9,14-15,19H2,1-3H3,(H,31,34). The zero-order valence-corrected chi connectivity index (χ0v) is 22.0. The molecule has 0 spiro atoms.